The average molecular weight is 299 g/mol. The maximum atomic E-state index is 13.4. The number of benzene rings is 1. The number of halogens is 2. The van der Waals surface area contributed by atoms with Crippen LogP contribution in [0.15, 0.2) is 18.2 Å². The number of amides is 1. The number of likely N-dealkylation sites (tertiary alicyclic amines) is 1. The van der Waals surface area contributed by atoms with Gasteiger partial charge in [0, 0.05) is 33.1 Å². The first-order chi connectivity index (χ1) is 9.45. The van der Waals surface area contributed by atoms with Crippen LogP contribution in [0.2, 0.25) is 5.02 Å². The Balaban J connectivity index is 1.85. The molecule has 0 radical (unpaired) electrons. The summed E-state index contributed by atoms with van der Waals surface area (Å²) in [5.41, 5.74) is 0.913. The third-order valence-corrected chi connectivity index (χ3v) is 4.04. The number of hydrogen-bond donors (Lipinski definition) is 0. The Bertz CT molecular complexity index is 495. The molecule has 20 heavy (non-hydrogen) atoms. The molecule has 0 aliphatic carbocycles. The minimum atomic E-state index is -0.374. The molecule has 1 fully saturated rings. The summed E-state index contributed by atoms with van der Waals surface area (Å²) in [7, 11) is 2.02. The van der Waals surface area contributed by atoms with Gasteiger partial charge in [0.05, 0.1) is 5.02 Å². The third-order valence-electron chi connectivity index (χ3n) is 3.74. The van der Waals surface area contributed by atoms with Crippen LogP contribution >= 0.6 is 11.6 Å². The molecule has 2 rings (SSSR count). The van der Waals surface area contributed by atoms with Crippen LogP contribution in [-0.4, -0.2) is 42.4 Å². The Hall–Kier alpha value is -1.13. The normalized spacial score (nSPS) is 18.9. The quantitative estimate of drug-likeness (QED) is 0.853. The van der Waals surface area contributed by atoms with Crippen LogP contribution in [0.25, 0.3) is 0 Å². The minimum absolute atomic E-state index is 0.148. The molecule has 0 aromatic heterocycles. The Kier molecular flexibility index (Phi) is 5.00. The van der Waals surface area contributed by atoms with Crippen molar-refractivity contribution < 1.29 is 9.18 Å². The molecule has 1 saturated heterocycles. The van der Waals surface area contributed by atoms with E-state index in [0.717, 1.165) is 31.6 Å². The highest BCUT2D eigenvalue weighted by molar-refractivity contribution is 6.30. The zero-order chi connectivity index (χ0) is 14.7. The summed E-state index contributed by atoms with van der Waals surface area (Å²) in [6, 6.07) is 4.92. The van der Waals surface area contributed by atoms with E-state index in [0.29, 0.717) is 12.5 Å². The molecule has 5 heteroatoms. The first-order valence-corrected chi connectivity index (χ1v) is 7.21. The van der Waals surface area contributed by atoms with Crippen molar-refractivity contribution in [3.8, 4) is 0 Å². The topological polar surface area (TPSA) is 23.6 Å². The van der Waals surface area contributed by atoms with E-state index >= 15 is 0 Å². The Morgan fingerprint density at radius 2 is 2.30 bits per heavy atom. The standard InChI is InChI=1S/C15H20ClFN2O/c1-11(20)19-6-5-13(10-19)9-18(2)8-12-3-4-14(16)15(17)7-12/h3-4,7,13H,5-6,8-10H2,1-2H3/t13-/m1/s1. The number of nitrogens with zero attached hydrogens (tertiary/aromatic N) is 2. The molecule has 0 saturated carbocycles. The summed E-state index contributed by atoms with van der Waals surface area (Å²) in [6.45, 7) is 4.89. The molecule has 1 aliphatic rings. The molecule has 1 aromatic carbocycles. The zero-order valence-corrected chi connectivity index (χ0v) is 12.7. The average Bonchev–Trinajstić information content (AvgIpc) is 2.82. The van der Waals surface area contributed by atoms with Gasteiger partial charge in [-0.1, -0.05) is 17.7 Å². The van der Waals surface area contributed by atoms with Gasteiger partial charge in [0.1, 0.15) is 5.82 Å². The highest BCUT2D eigenvalue weighted by atomic mass is 35.5. The fraction of sp³-hybridized carbons (Fsp3) is 0.533. The molecule has 0 bridgehead atoms. The van der Waals surface area contributed by atoms with Gasteiger partial charge < -0.3 is 9.80 Å². The van der Waals surface area contributed by atoms with Crippen LogP contribution in [0, 0.1) is 11.7 Å². The van der Waals surface area contributed by atoms with Crippen molar-refractivity contribution in [3.63, 3.8) is 0 Å². The van der Waals surface area contributed by atoms with Crippen LogP contribution in [0.5, 0.6) is 0 Å². The maximum Gasteiger partial charge on any atom is 0.219 e. The predicted octanol–water partition coefficient (Wildman–Crippen LogP) is 2.78. The van der Waals surface area contributed by atoms with Gasteiger partial charge in [-0.05, 0) is 37.1 Å². The molecule has 110 valence electrons. The smallest absolute Gasteiger partial charge is 0.219 e. The lowest BCUT2D eigenvalue weighted by atomic mass is 10.1. The molecular formula is C15H20ClFN2O. The lowest BCUT2D eigenvalue weighted by Gasteiger charge is -2.21. The van der Waals surface area contributed by atoms with E-state index in [1.54, 1.807) is 13.0 Å². The second-order valence-corrected chi connectivity index (χ2v) is 5.97. The van der Waals surface area contributed by atoms with E-state index in [9.17, 15) is 9.18 Å². The lowest BCUT2D eigenvalue weighted by molar-refractivity contribution is -0.127. The van der Waals surface area contributed by atoms with Gasteiger partial charge in [-0.25, -0.2) is 4.39 Å². The van der Waals surface area contributed by atoms with Crippen molar-refractivity contribution in [1.29, 1.82) is 0 Å². The van der Waals surface area contributed by atoms with Crippen molar-refractivity contribution >= 4 is 17.5 Å². The highest BCUT2D eigenvalue weighted by Crippen LogP contribution is 2.19. The summed E-state index contributed by atoms with van der Waals surface area (Å²) >= 11 is 5.67. The minimum Gasteiger partial charge on any atom is -0.343 e. The van der Waals surface area contributed by atoms with Gasteiger partial charge in [-0.2, -0.15) is 0 Å². The van der Waals surface area contributed by atoms with Gasteiger partial charge in [0.15, 0.2) is 0 Å². The van der Waals surface area contributed by atoms with Gasteiger partial charge in [-0.3, -0.25) is 4.79 Å². The van der Waals surface area contributed by atoms with Gasteiger partial charge >= 0.3 is 0 Å². The van der Waals surface area contributed by atoms with E-state index in [1.165, 1.54) is 6.07 Å². The van der Waals surface area contributed by atoms with E-state index in [1.807, 2.05) is 18.0 Å². The number of hydrogen-bond acceptors (Lipinski definition) is 2. The second-order valence-electron chi connectivity index (χ2n) is 5.56. The predicted molar refractivity (Wildman–Crippen MR) is 78.1 cm³/mol. The monoisotopic (exact) mass is 298 g/mol. The first-order valence-electron chi connectivity index (χ1n) is 6.83. The molecule has 1 atom stereocenters. The number of carbonyl (C=O) groups is 1. The zero-order valence-electron chi connectivity index (χ0n) is 11.9. The van der Waals surface area contributed by atoms with Crippen molar-refractivity contribution in [2.45, 2.75) is 19.9 Å². The van der Waals surface area contributed by atoms with Crippen molar-refractivity contribution in [1.82, 2.24) is 9.80 Å². The second kappa shape index (κ2) is 6.55. The SMILES string of the molecule is CC(=O)N1CC[C@H](CN(C)Cc2ccc(Cl)c(F)c2)C1. The fourth-order valence-corrected chi connectivity index (χ4v) is 2.84. The summed E-state index contributed by atoms with van der Waals surface area (Å²) < 4.78 is 13.4. The number of rotatable bonds is 4. The van der Waals surface area contributed by atoms with Crippen molar-refractivity contribution in [2.24, 2.45) is 5.92 Å². The molecule has 0 spiro atoms. The van der Waals surface area contributed by atoms with E-state index in [-0.39, 0.29) is 16.7 Å². The van der Waals surface area contributed by atoms with Crippen LogP contribution in [0.1, 0.15) is 18.9 Å². The van der Waals surface area contributed by atoms with E-state index in [4.69, 9.17) is 11.6 Å². The molecule has 1 amide bonds. The molecule has 3 nitrogen and oxygen atoms in total. The molecule has 1 aromatic rings. The fourth-order valence-electron chi connectivity index (χ4n) is 2.72. The first kappa shape index (κ1) is 15.3. The number of carbonyl (C=O) groups excluding carboxylic acids is 1. The van der Waals surface area contributed by atoms with Gasteiger partial charge in [-0.15, -0.1) is 0 Å². The Morgan fingerprint density at radius 1 is 1.55 bits per heavy atom. The highest BCUT2D eigenvalue weighted by Gasteiger charge is 2.24. The van der Waals surface area contributed by atoms with Gasteiger partial charge in [0.25, 0.3) is 0 Å². The summed E-state index contributed by atoms with van der Waals surface area (Å²) in [6.07, 6.45) is 1.04. The Labute approximate surface area is 124 Å². The molecule has 1 heterocycles. The maximum absolute atomic E-state index is 13.4. The van der Waals surface area contributed by atoms with Crippen LogP contribution in [-0.2, 0) is 11.3 Å². The van der Waals surface area contributed by atoms with E-state index in [2.05, 4.69) is 4.90 Å². The summed E-state index contributed by atoms with van der Waals surface area (Å²) in [5, 5.41) is 0.157. The van der Waals surface area contributed by atoms with Crippen LogP contribution in [0.4, 0.5) is 4.39 Å². The lowest BCUT2D eigenvalue weighted by Crippen LogP contribution is -2.30. The van der Waals surface area contributed by atoms with Crippen LogP contribution in [0.3, 0.4) is 0 Å². The van der Waals surface area contributed by atoms with Gasteiger partial charge in [0.2, 0.25) is 5.91 Å². The molecule has 0 unspecified atom stereocenters. The summed E-state index contributed by atoms with van der Waals surface area (Å²) in [4.78, 5) is 15.3. The Morgan fingerprint density at radius 3 is 2.90 bits per heavy atom. The summed E-state index contributed by atoms with van der Waals surface area (Å²) in [5.74, 6) is 0.275. The van der Waals surface area contributed by atoms with Crippen molar-refractivity contribution in [2.75, 3.05) is 26.7 Å². The largest absolute Gasteiger partial charge is 0.343 e. The molecule has 1 aliphatic heterocycles. The third kappa shape index (κ3) is 3.93. The van der Waals surface area contributed by atoms with E-state index < -0.39 is 0 Å². The molecular weight excluding hydrogens is 279 g/mol. The van der Waals surface area contributed by atoms with Crippen LogP contribution < -0.4 is 0 Å². The molecule has 0 N–H and O–H groups in total. The van der Waals surface area contributed by atoms with Crippen molar-refractivity contribution in [3.05, 3.63) is 34.6 Å².